The molecule has 0 atom stereocenters. The summed E-state index contributed by atoms with van der Waals surface area (Å²) >= 11 is 0. The zero-order chi connectivity index (χ0) is 13.8. The second-order valence-electron chi connectivity index (χ2n) is 3.77. The SMILES string of the molecule is CNCCc1nnc(-c2cc(F)ccc2[N+](=O)[O-])o1. The summed E-state index contributed by atoms with van der Waals surface area (Å²) in [5.41, 5.74) is -0.293. The molecule has 0 spiro atoms. The van der Waals surface area contributed by atoms with Gasteiger partial charge in [0.05, 0.1) is 4.92 Å². The number of rotatable bonds is 5. The quantitative estimate of drug-likeness (QED) is 0.651. The van der Waals surface area contributed by atoms with Crippen LogP contribution in [0.15, 0.2) is 22.6 Å². The van der Waals surface area contributed by atoms with Gasteiger partial charge in [0, 0.05) is 19.0 Å². The molecule has 0 bridgehead atoms. The van der Waals surface area contributed by atoms with Gasteiger partial charge in [-0.2, -0.15) is 0 Å². The third kappa shape index (κ3) is 2.91. The first-order valence-electron chi connectivity index (χ1n) is 5.53. The van der Waals surface area contributed by atoms with E-state index in [9.17, 15) is 14.5 Å². The van der Waals surface area contributed by atoms with Crippen molar-refractivity contribution in [2.75, 3.05) is 13.6 Å². The molecule has 1 aromatic carbocycles. The molecule has 0 amide bonds. The lowest BCUT2D eigenvalue weighted by Crippen LogP contribution is -2.10. The van der Waals surface area contributed by atoms with Gasteiger partial charge in [0.1, 0.15) is 11.4 Å². The zero-order valence-corrected chi connectivity index (χ0v) is 10.1. The van der Waals surface area contributed by atoms with Crippen LogP contribution < -0.4 is 5.32 Å². The summed E-state index contributed by atoms with van der Waals surface area (Å²) in [6.45, 7) is 0.632. The van der Waals surface area contributed by atoms with Gasteiger partial charge in [-0.15, -0.1) is 10.2 Å². The number of benzene rings is 1. The minimum atomic E-state index is -0.619. The van der Waals surface area contributed by atoms with Crippen LogP contribution in [0.4, 0.5) is 10.1 Å². The van der Waals surface area contributed by atoms with Crippen molar-refractivity contribution in [3.63, 3.8) is 0 Å². The average Bonchev–Trinajstić information content (AvgIpc) is 2.84. The first-order valence-corrected chi connectivity index (χ1v) is 5.53. The number of hydrogen-bond acceptors (Lipinski definition) is 6. The number of hydrogen-bond donors (Lipinski definition) is 1. The Morgan fingerprint density at radius 2 is 2.26 bits per heavy atom. The Morgan fingerprint density at radius 1 is 1.47 bits per heavy atom. The van der Waals surface area contributed by atoms with Gasteiger partial charge in [0.15, 0.2) is 0 Å². The van der Waals surface area contributed by atoms with Gasteiger partial charge in [0.2, 0.25) is 5.89 Å². The number of nitro benzene ring substituents is 1. The molecule has 0 fully saturated rings. The Labute approximate surface area is 107 Å². The third-order valence-corrected chi connectivity index (χ3v) is 2.44. The average molecular weight is 266 g/mol. The smallest absolute Gasteiger partial charge is 0.282 e. The van der Waals surface area contributed by atoms with Crippen LogP contribution in [0.1, 0.15) is 5.89 Å². The van der Waals surface area contributed by atoms with E-state index in [-0.39, 0.29) is 17.1 Å². The van der Waals surface area contributed by atoms with Gasteiger partial charge in [0.25, 0.3) is 11.6 Å². The number of halogens is 1. The van der Waals surface area contributed by atoms with Crippen LogP contribution >= 0.6 is 0 Å². The molecule has 0 unspecified atom stereocenters. The Kier molecular flexibility index (Phi) is 3.81. The van der Waals surface area contributed by atoms with Crippen molar-refractivity contribution in [2.24, 2.45) is 0 Å². The Bertz CT molecular complexity index is 599. The molecule has 8 heteroatoms. The summed E-state index contributed by atoms with van der Waals surface area (Å²) in [4.78, 5) is 10.2. The second kappa shape index (κ2) is 5.53. The number of nitrogens with one attached hydrogen (secondary N) is 1. The van der Waals surface area contributed by atoms with Crippen LogP contribution in [0.5, 0.6) is 0 Å². The molecule has 2 aromatic rings. The fraction of sp³-hybridized carbons (Fsp3) is 0.273. The molecule has 0 aliphatic carbocycles. The van der Waals surface area contributed by atoms with E-state index in [1.54, 1.807) is 7.05 Å². The minimum absolute atomic E-state index is 0.0202. The normalized spacial score (nSPS) is 10.6. The standard InChI is InChI=1S/C11H11FN4O3/c1-13-5-4-10-14-15-11(19-10)8-6-7(12)2-3-9(8)16(17)18/h2-3,6,13H,4-5H2,1H3. The lowest BCUT2D eigenvalue weighted by molar-refractivity contribution is -0.384. The van der Waals surface area contributed by atoms with Crippen molar-refractivity contribution in [2.45, 2.75) is 6.42 Å². The van der Waals surface area contributed by atoms with Crippen molar-refractivity contribution in [1.29, 1.82) is 0 Å². The predicted molar refractivity (Wildman–Crippen MR) is 64.0 cm³/mol. The van der Waals surface area contributed by atoms with Crippen LogP contribution in [-0.4, -0.2) is 28.7 Å². The van der Waals surface area contributed by atoms with Gasteiger partial charge in [-0.1, -0.05) is 0 Å². The van der Waals surface area contributed by atoms with Crippen LogP contribution in [0, 0.1) is 15.9 Å². The molecule has 7 nitrogen and oxygen atoms in total. The highest BCUT2D eigenvalue weighted by Gasteiger charge is 2.21. The molecular weight excluding hydrogens is 255 g/mol. The summed E-state index contributed by atoms with van der Waals surface area (Å²) in [6.07, 6.45) is 0.493. The number of aromatic nitrogens is 2. The second-order valence-corrected chi connectivity index (χ2v) is 3.77. The summed E-state index contributed by atoms with van der Waals surface area (Å²) in [7, 11) is 1.77. The van der Waals surface area contributed by atoms with Gasteiger partial charge < -0.3 is 9.73 Å². The monoisotopic (exact) mass is 266 g/mol. The van der Waals surface area contributed by atoms with E-state index < -0.39 is 10.7 Å². The van der Waals surface area contributed by atoms with Crippen molar-refractivity contribution in [3.8, 4) is 11.5 Å². The van der Waals surface area contributed by atoms with Crippen LogP contribution in [0.3, 0.4) is 0 Å². The van der Waals surface area contributed by atoms with Crippen molar-refractivity contribution in [3.05, 3.63) is 40.0 Å². The molecule has 0 saturated carbocycles. The van der Waals surface area contributed by atoms with Crippen molar-refractivity contribution in [1.82, 2.24) is 15.5 Å². The van der Waals surface area contributed by atoms with Crippen molar-refractivity contribution < 1.29 is 13.7 Å². The van der Waals surface area contributed by atoms with E-state index in [2.05, 4.69) is 15.5 Å². The summed E-state index contributed by atoms with van der Waals surface area (Å²) < 4.78 is 18.5. The van der Waals surface area contributed by atoms with Gasteiger partial charge in [-0.05, 0) is 19.2 Å². The van der Waals surface area contributed by atoms with Crippen LogP contribution in [-0.2, 0) is 6.42 Å². The fourth-order valence-electron chi connectivity index (χ4n) is 1.53. The molecular formula is C11H11FN4O3. The molecule has 0 saturated heterocycles. The van der Waals surface area contributed by atoms with Gasteiger partial charge in [-0.25, -0.2) is 4.39 Å². The lowest BCUT2D eigenvalue weighted by Gasteiger charge is -1.98. The molecule has 1 heterocycles. The van der Waals surface area contributed by atoms with Gasteiger partial charge >= 0.3 is 0 Å². The van der Waals surface area contributed by atoms with E-state index in [0.717, 1.165) is 18.2 Å². The predicted octanol–water partition coefficient (Wildman–Crippen LogP) is 1.55. The molecule has 1 N–H and O–H groups in total. The number of nitrogens with zero attached hydrogens (tertiary/aromatic N) is 3. The fourth-order valence-corrected chi connectivity index (χ4v) is 1.53. The molecule has 0 aliphatic rings. The van der Waals surface area contributed by atoms with E-state index >= 15 is 0 Å². The van der Waals surface area contributed by atoms with E-state index in [4.69, 9.17) is 4.42 Å². The zero-order valence-electron chi connectivity index (χ0n) is 10.1. The molecule has 100 valence electrons. The van der Waals surface area contributed by atoms with Crippen LogP contribution in [0.25, 0.3) is 11.5 Å². The summed E-state index contributed by atoms with van der Waals surface area (Å²) in [5, 5.41) is 21.2. The number of nitro groups is 1. The van der Waals surface area contributed by atoms with Crippen LogP contribution in [0.2, 0.25) is 0 Å². The highest BCUT2D eigenvalue weighted by atomic mass is 19.1. The lowest BCUT2D eigenvalue weighted by atomic mass is 10.2. The highest BCUT2D eigenvalue weighted by Crippen LogP contribution is 2.29. The third-order valence-electron chi connectivity index (χ3n) is 2.44. The van der Waals surface area contributed by atoms with E-state index in [1.807, 2.05) is 0 Å². The maximum atomic E-state index is 13.2. The highest BCUT2D eigenvalue weighted by molar-refractivity contribution is 5.66. The molecule has 0 radical (unpaired) electrons. The number of likely N-dealkylation sites (N-methyl/N-ethyl adjacent to an activating group) is 1. The largest absolute Gasteiger partial charge is 0.420 e. The molecule has 0 aliphatic heterocycles. The Balaban J connectivity index is 2.37. The Hall–Kier alpha value is -2.35. The van der Waals surface area contributed by atoms with Crippen molar-refractivity contribution >= 4 is 5.69 Å². The van der Waals surface area contributed by atoms with E-state index in [0.29, 0.717) is 18.9 Å². The summed E-state index contributed by atoms with van der Waals surface area (Å²) in [5.74, 6) is -0.323. The molecule has 19 heavy (non-hydrogen) atoms. The topological polar surface area (TPSA) is 94.1 Å². The molecule has 1 aromatic heterocycles. The maximum absolute atomic E-state index is 13.2. The maximum Gasteiger partial charge on any atom is 0.282 e. The first-order chi connectivity index (χ1) is 9.11. The Morgan fingerprint density at radius 3 is 2.95 bits per heavy atom. The summed E-state index contributed by atoms with van der Waals surface area (Å²) in [6, 6.07) is 3.09. The van der Waals surface area contributed by atoms with Gasteiger partial charge in [-0.3, -0.25) is 10.1 Å². The minimum Gasteiger partial charge on any atom is -0.420 e. The first kappa shape index (κ1) is 13.1. The molecule has 2 rings (SSSR count). The van der Waals surface area contributed by atoms with E-state index in [1.165, 1.54) is 0 Å².